The normalized spacial score (nSPS) is 12.0. The Balaban J connectivity index is 2.35. The lowest BCUT2D eigenvalue weighted by Crippen LogP contribution is -2.06. The molecule has 2 aromatic carbocycles. The zero-order valence-electron chi connectivity index (χ0n) is 20.7. The summed E-state index contributed by atoms with van der Waals surface area (Å²) in [6, 6.07) is 10.3. The molecule has 0 unspecified atom stereocenters. The van der Waals surface area contributed by atoms with Gasteiger partial charge >= 0.3 is 0 Å². The average molecular weight is 497 g/mol. The standard InChI is InChI=1S/C28H32O8/c1-19(36-18-33-2)13-24(25(31)10-6-20-5-9-22(16-29)23(14-20)17-30)26(32)11-7-21-8-12-27(34-3)28(15-21)35-4/h5-12,14-15,29-31H,1,13,16-18H2,2-4H3/b10-6+,11-7+,25-24?. The zero-order chi connectivity index (χ0) is 26.5. The lowest BCUT2D eigenvalue weighted by atomic mass is 10.0. The van der Waals surface area contributed by atoms with Gasteiger partial charge in [-0.1, -0.05) is 36.9 Å². The molecule has 192 valence electrons. The second-order valence-corrected chi connectivity index (χ2v) is 7.62. The third-order valence-corrected chi connectivity index (χ3v) is 5.20. The molecule has 0 radical (unpaired) electrons. The first-order valence-electron chi connectivity index (χ1n) is 11.0. The van der Waals surface area contributed by atoms with Crippen molar-refractivity contribution in [2.24, 2.45) is 0 Å². The molecule has 0 fully saturated rings. The molecule has 8 heteroatoms. The van der Waals surface area contributed by atoms with Crippen LogP contribution in [0.4, 0.5) is 0 Å². The Kier molecular flexibility index (Phi) is 11.5. The molecule has 3 N–H and O–H groups in total. The van der Waals surface area contributed by atoms with Crippen molar-refractivity contribution in [1.82, 2.24) is 0 Å². The molecular weight excluding hydrogens is 464 g/mol. The maximum Gasteiger partial charge on any atom is 0.188 e. The van der Waals surface area contributed by atoms with Crippen LogP contribution in [0.2, 0.25) is 0 Å². The van der Waals surface area contributed by atoms with Gasteiger partial charge in [0.05, 0.1) is 33.2 Å². The predicted molar refractivity (Wildman–Crippen MR) is 137 cm³/mol. The molecule has 0 aliphatic rings. The number of methoxy groups -OCH3 is 3. The highest BCUT2D eigenvalue weighted by Gasteiger charge is 2.15. The number of carbonyl (C=O) groups is 1. The number of ketones is 1. The largest absolute Gasteiger partial charge is 0.508 e. The molecule has 0 bridgehead atoms. The van der Waals surface area contributed by atoms with E-state index in [4.69, 9.17) is 18.9 Å². The van der Waals surface area contributed by atoms with Crippen molar-refractivity contribution in [2.45, 2.75) is 19.6 Å². The van der Waals surface area contributed by atoms with Gasteiger partial charge in [0.1, 0.15) is 5.76 Å². The van der Waals surface area contributed by atoms with Crippen molar-refractivity contribution in [3.8, 4) is 11.5 Å². The van der Waals surface area contributed by atoms with Crippen molar-refractivity contribution < 1.29 is 39.1 Å². The lowest BCUT2D eigenvalue weighted by molar-refractivity contribution is -0.111. The molecule has 0 atom stereocenters. The molecule has 0 aliphatic heterocycles. The average Bonchev–Trinajstić information content (AvgIpc) is 2.91. The van der Waals surface area contributed by atoms with E-state index < -0.39 is 5.78 Å². The molecule has 0 aromatic heterocycles. The summed E-state index contributed by atoms with van der Waals surface area (Å²) in [5.41, 5.74) is 2.62. The Hall–Kier alpha value is -3.85. The first-order valence-corrected chi connectivity index (χ1v) is 11.0. The van der Waals surface area contributed by atoms with Gasteiger partial charge in [0, 0.05) is 19.1 Å². The SMILES string of the molecule is C=C(CC(C(=O)/C=C/c1ccc(OC)c(OC)c1)=C(O)/C=C/c1ccc(CO)c(CO)c1)OCOC. The van der Waals surface area contributed by atoms with E-state index in [9.17, 15) is 20.1 Å². The lowest BCUT2D eigenvalue weighted by Gasteiger charge is -2.11. The molecule has 0 spiro atoms. The summed E-state index contributed by atoms with van der Waals surface area (Å²) in [5, 5.41) is 29.6. The first-order chi connectivity index (χ1) is 17.4. The smallest absolute Gasteiger partial charge is 0.188 e. The van der Waals surface area contributed by atoms with Crippen LogP contribution >= 0.6 is 0 Å². The van der Waals surface area contributed by atoms with Crippen LogP contribution in [-0.2, 0) is 27.5 Å². The molecule has 36 heavy (non-hydrogen) atoms. The third kappa shape index (κ3) is 8.13. The Labute approximate surface area is 211 Å². The fraction of sp³-hybridized carbons (Fsp3) is 0.250. The van der Waals surface area contributed by atoms with Crippen molar-refractivity contribution in [2.75, 3.05) is 28.1 Å². The second-order valence-electron chi connectivity index (χ2n) is 7.62. The zero-order valence-corrected chi connectivity index (χ0v) is 20.7. The van der Waals surface area contributed by atoms with Gasteiger partial charge in [-0.25, -0.2) is 0 Å². The molecule has 2 aromatic rings. The van der Waals surface area contributed by atoms with Crippen molar-refractivity contribution in [3.05, 3.63) is 94.5 Å². The third-order valence-electron chi connectivity index (χ3n) is 5.20. The van der Waals surface area contributed by atoms with Crippen molar-refractivity contribution >= 4 is 17.9 Å². The monoisotopic (exact) mass is 496 g/mol. The topological polar surface area (TPSA) is 115 Å². The van der Waals surface area contributed by atoms with Crippen LogP contribution in [0.1, 0.15) is 28.7 Å². The fourth-order valence-electron chi connectivity index (χ4n) is 3.25. The van der Waals surface area contributed by atoms with E-state index in [2.05, 4.69) is 6.58 Å². The number of hydrogen-bond acceptors (Lipinski definition) is 8. The van der Waals surface area contributed by atoms with Gasteiger partial charge in [-0.3, -0.25) is 4.79 Å². The van der Waals surface area contributed by atoms with Crippen LogP contribution in [0.15, 0.2) is 72.2 Å². The molecule has 0 saturated carbocycles. The number of rotatable bonds is 14. The van der Waals surface area contributed by atoms with E-state index in [0.717, 1.165) is 0 Å². The number of ether oxygens (including phenoxy) is 4. The Morgan fingerprint density at radius 1 is 0.889 bits per heavy atom. The molecule has 0 saturated heterocycles. The maximum atomic E-state index is 13.1. The van der Waals surface area contributed by atoms with E-state index in [-0.39, 0.29) is 43.5 Å². The highest BCUT2D eigenvalue weighted by atomic mass is 16.7. The van der Waals surface area contributed by atoms with Gasteiger partial charge in [0.2, 0.25) is 0 Å². The molecule has 0 heterocycles. The minimum absolute atomic E-state index is 0.0417. The van der Waals surface area contributed by atoms with Gasteiger partial charge in [0.25, 0.3) is 0 Å². The minimum atomic E-state index is -0.444. The Bertz CT molecular complexity index is 1140. The van der Waals surface area contributed by atoms with Gasteiger partial charge < -0.3 is 34.3 Å². The quantitative estimate of drug-likeness (QED) is 0.153. The van der Waals surface area contributed by atoms with E-state index in [1.54, 1.807) is 48.6 Å². The highest BCUT2D eigenvalue weighted by molar-refractivity contribution is 6.07. The summed E-state index contributed by atoms with van der Waals surface area (Å²) < 4.78 is 20.7. The van der Waals surface area contributed by atoms with Gasteiger partial charge in [-0.05, 0) is 52.6 Å². The Morgan fingerprint density at radius 2 is 1.53 bits per heavy atom. The molecular formula is C28H32O8. The number of benzene rings is 2. The van der Waals surface area contributed by atoms with E-state index >= 15 is 0 Å². The van der Waals surface area contributed by atoms with Crippen LogP contribution in [-0.4, -0.2) is 49.2 Å². The van der Waals surface area contributed by atoms with Crippen LogP contribution in [0.5, 0.6) is 11.5 Å². The summed E-state index contributed by atoms with van der Waals surface area (Å²) in [5.74, 6) is 0.614. The van der Waals surface area contributed by atoms with Crippen LogP contribution in [0, 0.1) is 0 Å². The number of allylic oxidation sites excluding steroid dienone is 3. The number of hydrogen-bond donors (Lipinski definition) is 3. The van der Waals surface area contributed by atoms with E-state index in [1.807, 2.05) is 0 Å². The van der Waals surface area contributed by atoms with Gasteiger partial charge in [0.15, 0.2) is 24.1 Å². The highest BCUT2D eigenvalue weighted by Crippen LogP contribution is 2.28. The van der Waals surface area contributed by atoms with Crippen LogP contribution < -0.4 is 9.47 Å². The van der Waals surface area contributed by atoms with E-state index in [0.29, 0.717) is 33.8 Å². The van der Waals surface area contributed by atoms with Crippen LogP contribution in [0.25, 0.3) is 12.2 Å². The predicted octanol–water partition coefficient (Wildman–Crippen LogP) is 4.32. The van der Waals surface area contributed by atoms with Gasteiger partial charge in [-0.15, -0.1) is 0 Å². The summed E-state index contributed by atoms with van der Waals surface area (Å²) >= 11 is 0. The number of aliphatic hydroxyl groups excluding tert-OH is 3. The molecule has 0 amide bonds. The fourth-order valence-corrected chi connectivity index (χ4v) is 3.25. The van der Waals surface area contributed by atoms with Gasteiger partial charge in [-0.2, -0.15) is 0 Å². The summed E-state index contributed by atoms with van der Waals surface area (Å²) in [4.78, 5) is 13.1. The number of aliphatic hydroxyl groups is 3. The summed E-state index contributed by atoms with van der Waals surface area (Å²) in [7, 11) is 4.52. The number of carbonyl (C=O) groups excluding carboxylic acids is 1. The van der Waals surface area contributed by atoms with Crippen molar-refractivity contribution in [1.29, 1.82) is 0 Å². The van der Waals surface area contributed by atoms with Crippen molar-refractivity contribution in [3.63, 3.8) is 0 Å². The minimum Gasteiger partial charge on any atom is -0.508 e. The Morgan fingerprint density at radius 3 is 2.17 bits per heavy atom. The van der Waals surface area contributed by atoms with Crippen LogP contribution in [0.3, 0.4) is 0 Å². The first kappa shape index (κ1) is 28.4. The molecule has 0 aliphatic carbocycles. The second kappa shape index (κ2) is 14.5. The molecule has 8 nitrogen and oxygen atoms in total. The van der Waals surface area contributed by atoms with E-state index in [1.165, 1.54) is 33.5 Å². The summed E-state index contributed by atoms with van der Waals surface area (Å²) in [6.45, 7) is 3.31. The molecule has 2 rings (SSSR count). The maximum absolute atomic E-state index is 13.1. The summed E-state index contributed by atoms with van der Waals surface area (Å²) in [6.07, 6.45) is 5.88.